The first-order valence-corrected chi connectivity index (χ1v) is 10.7. The molecule has 7 heteroatoms. The van der Waals surface area contributed by atoms with Crippen molar-refractivity contribution in [2.75, 3.05) is 11.4 Å². The summed E-state index contributed by atoms with van der Waals surface area (Å²) < 4.78 is 49.7. The Morgan fingerprint density at radius 2 is 1.94 bits per heavy atom. The highest BCUT2D eigenvalue weighted by atomic mass is 19.2. The summed E-state index contributed by atoms with van der Waals surface area (Å²) >= 11 is 0. The molecule has 2 aliphatic carbocycles. The van der Waals surface area contributed by atoms with Gasteiger partial charge < -0.3 is 14.7 Å². The van der Waals surface area contributed by atoms with E-state index in [9.17, 15) is 13.6 Å². The van der Waals surface area contributed by atoms with Crippen molar-refractivity contribution in [2.45, 2.75) is 50.9 Å². The summed E-state index contributed by atoms with van der Waals surface area (Å²) in [4.78, 5) is 12.6. The largest absolute Gasteiger partial charge is 0.490 e. The van der Waals surface area contributed by atoms with Gasteiger partial charge in [-0.1, -0.05) is 25.1 Å². The monoisotopic (exact) mass is 431 g/mol. The first kappa shape index (κ1) is 20.2. The van der Waals surface area contributed by atoms with Gasteiger partial charge in [0, 0.05) is 18.7 Å². The SMILES string of the molecule is C[C@H]1C[C@H](Oc2cc(F)c(F)c(N3Cc4ccc([C@H]5C[C@@H]5C(=O)O)cc4C(F)C3)c2)C1. The fraction of sp³-hybridized carbons (Fsp3) is 0.458. The second-order valence-corrected chi connectivity index (χ2v) is 9.15. The van der Waals surface area contributed by atoms with Crippen LogP contribution in [0.4, 0.5) is 18.9 Å². The normalized spacial score (nSPS) is 29.2. The van der Waals surface area contributed by atoms with Crippen molar-refractivity contribution in [1.82, 2.24) is 0 Å². The van der Waals surface area contributed by atoms with E-state index in [1.54, 1.807) is 12.1 Å². The molecule has 0 aromatic heterocycles. The molecule has 2 aromatic rings. The van der Waals surface area contributed by atoms with Gasteiger partial charge in [-0.3, -0.25) is 4.79 Å². The minimum atomic E-state index is -1.38. The third-order valence-electron chi connectivity index (χ3n) is 6.74. The van der Waals surface area contributed by atoms with Gasteiger partial charge in [-0.15, -0.1) is 0 Å². The highest BCUT2D eigenvalue weighted by Gasteiger charge is 2.44. The van der Waals surface area contributed by atoms with Crippen LogP contribution in [0.15, 0.2) is 30.3 Å². The number of fused-ring (bicyclic) bond motifs is 1. The Labute approximate surface area is 178 Å². The molecule has 31 heavy (non-hydrogen) atoms. The summed E-state index contributed by atoms with van der Waals surface area (Å²) in [6, 6.07) is 7.82. The first-order chi connectivity index (χ1) is 14.8. The molecule has 3 aliphatic rings. The molecule has 0 spiro atoms. The number of aliphatic carboxylic acids is 1. The predicted molar refractivity (Wildman–Crippen MR) is 109 cm³/mol. The van der Waals surface area contributed by atoms with Crippen molar-refractivity contribution < 1.29 is 27.8 Å². The van der Waals surface area contributed by atoms with E-state index in [2.05, 4.69) is 6.92 Å². The average molecular weight is 431 g/mol. The summed E-state index contributed by atoms with van der Waals surface area (Å²) in [5.41, 5.74) is 2.01. The van der Waals surface area contributed by atoms with Gasteiger partial charge in [0.15, 0.2) is 11.6 Å². The molecule has 2 saturated carbocycles. The summed E-state index contributed by atoms with van der Waals surface area (Å²) in [5.74, 6) is -2.52. The average Bonchev–Trinajstić information content (AvgIpc) is 3.50. The standard InChI is InChI=1S/C24H24F3NO3/c1-12-4-15(5-12)31-16-7-20(25)23(27)22(8-16)28-10-14-3-2-13(6-18(14)21(26)11-28)17-9-19(17)24(29)30/h2-3,6-8,12,15,17,19,21H,4-5,9-11H2,1H3,(H,29,30)/t12-,15-,17-,19+,21?/m1/s1. The van der Waals surface area contributed by atoms with Crippen molar-refractivity contribution in [3.63, 3.8) is 0 Å². The van der Waals surface area contributed by atoms with Crippen LogP contribution in [0.2, 0.25) is 0 Å². The Kier molecular flexibility index (Phi) is 4.87. The van der Waals surface area contributed by atoms with Gasteiger partial charge in [0.25, 0.3) is 0 Å². The number of ether oxygens (including phenoxy) is 1. The molecule has 1 unspecified atom stereocenters. The Bertz CT molecular complexity index is 1040. The number of halogens is 3. The number of anilines is 1. The van der Waals surface area contributed by atoms with Crippen LogP contribution in [0, 0.1) is 23.5 Å². The quantitative estimate of drug-likeness (QED) is 0.692. The third kappa shape index (κ3) is 3.75. The molecule has 1 heterocycles. The molecule has 3 atom stereocenters. The lowest BCUT2D eigenvalue weighted by Crippen LogP contribution is -2.34. The second kappa shape index (κ2) is 7.46. The number of alkyl halides is 1. The van der Waals surface area contributed by atoms with Crippen molar-refractivity contribution >= 4 is 11.7 Å². The zero-order valence-electron chi connectivity index (χ0n) is 17.2. The van der Waals surface area contributed by atoms with Gasteiger partial charge in [-0.05, 0) is 47.8 Å². The number of nitrogens with zero attached hydrogens (tertiary/aromatic N) is 1. The molecule has 0 radical (unpaired) electrons. The lowest BCUT2D eigenvalue weighted by atomic mass is 9.84. The number of hydrogen-bond donors (Lipinski definition) is 1. The smallest absolute Gasteiger partial charge is 0.307 e. The lowest BCUT2D eigenvalue weighted by Gasteiger charge is -2.35. The molecule has 0 amide bonds. The zero-order valence-corrected chi connectivity index (χ0v) is 17.2. The zero-order chi connectivity index (χ0) is 21.9. The van der Waals surface area contributed by atoms with Crippen molar-refractivity contribution in [3.8, 4) is 5.75 Å². The van der Waals surface area contributed by atoms with Crippen LogP contribution < -0.4 is 9.64 Å². The van der Waals surface area contributed by atoms with E-state index in [4.69, 9.17) is 9.84 Å². The van der Waals surface area contributed by atoms with Crippen LogP contribution in [0.25, 0.3) is 0 Å². The Balaban J connectivity index is 1.38. The molecule has 4 nitrogen and oxygen atoms in total. The molecule has 2 aromatic carbocycles. The van der Waals surface area contributed by atoms with Crippen LogP contribution in [-0.2, 0) is 11.3 Å². The van der Waals surface area contributed by atoms with Crippen LogP contribution in [-0.4, -0.2) is 23.7 Å². The van der Waals surface area contributed by atoms with Crippen molar-refractivity contribution in [2.24, 2.45) is 11.8 Å². The minimum Gasteiger partial charge on any atom is -0.490 e. The van der Waals surface area contributed by atoms with Gasteiger partial charge in [-0.25, -0.2) is 13.2 Å². The molecule has 2 fully saturated rings. The van der Waals surface area contributed by atoms with E-state index in [-0.39, 0.29) is 36.5 Å². The maximum atomic E-state index is 15.1. The van der Waals surface area contributed by atoms with Gasteiger partial charge in [0.2, 0.25) is 0 Å². The van der Waals surface area contributed by atoms with E-state index in [1.165, 1.54) is 11.0 Å². The number of rotatable bonds is 5. The molecular formula is C24H24F3NO3. The van der Waals surface area contributed by atoms with Crippen molar-refractivity contribution in [3.05, 3.63) is 58.7 Å². The highest BCUT2D eigenvalue weighted by Crippen LogP contribution is 2.49. The number of carboxylic acid groups (broad SMARTS) is 1. The number of benzene rings is 2. The van der Waals surface area contributed by atoms with Gasteiger partial charge in [0.1, 0.15) is 11.9 Å². The number of carbonyl (C=O) groups is 1. The molecule has 5 rings (SSSR count). The van der Waals surface area contributed by atoms with Crippen LogP contribution in [0.3, 0.4) is 0 Å². The van der Waals surface area contributed by atoms with Crippen LogP contribution >= 0.6 is 0 Å². The summed E-state index contributed by atoms with van der Waals surface area (Å²) in [6.07, 6.45) is 0.937. The topological polar surface area (TPSA) is 49.8 Å². The fourth-order valence-corrected chi connectivity index (χ4v) is 4.83. The predicted octanol–water partition coefficient (Wildman–Crippen LogP) is 5.36. The van der Waals surface area contributed by atoms with E-state index >= 15 is 4.39 Å². The molecular weight excluding hydrogens is 407 g/mol. The van der Waals surface area contributed by atoms with Gasteiger partial charge >= 0.3 is 5.97 Å². The maximum Gasteiger partial charge on any atom is 0.307 e. The second-order valence-electron chi connectivity index (χ2n) is 9.15. The fourth-order valence-electron chi connectivity index (χ4n) is 4.83. The molecule has 0 saturated heterocycles. The van der Waals surface area contributed by atoms with Crippen molar-refractivity contribution in [1.29, 1.82) is 0 Å². The maximum absolute atomic E-state index is 15.1. The summed E-state index contributed by atoms with van der Waals surface area (Å²) in [6.45, 7) is 2.24. The highest BCUT2D eigenvalue weighted by molar-refractivity contribution is 5.75. The van der Waals surface area contributed by atoms with Gasteiger partial charge in [0.05, 0.1) is 24.3 Å². The van der Waals surface area contributed by atoms with E-state index < -0.39 is 29.7 Å². The van der Waals surface area contributed by atoms with E-state index in [0.717, 1.165) is 24.5 Å². The number of carboxylic acids is 1. The number of hydrogen-bond acceptors (Lipinski definition) is 3. The van der Waals surface area contributed by atoms with Gasteiger partial charge in [-0.2, -0.15) is 0 Å². The molecule has 1 aliphatic heterocycles. The van der Waals surface area contributed by atoms with Crippen LogP contribution in [0.1, 0.15) is 55.0 Å². The summed E-state index contributed by atoms with van der Waals surface area (Å²) in [5, 5.41) is 9.14. The minimum absolute atomic E-state index is 0.000750. The Morgan fingerprint density at radius 3 is 2.61 bits per heavy atom. The molecule has 164 valence electrons. The summed E-state index contributed by atoms with van der Waals surface area (Å²) in [7, 11) is 0. The van der Waals surface area contributed by atoms with E-state index in [1.807, 2.05) is 6.07 Å². The van der Waals surface area contributed by atoms with Crippen LogP contribution in [0.5, 0.6) is 5.75 Å². The van der Waals surface area contributed by atoms with E-state index in [0.29, 0.717) is 23.5 Å². The molecule has 1 N–H and O–H groups in total. The first-order valence-electron chi connectivity index (χ1n) is 10.7. The lowest BCUT2D eigenvalue weighted by molar-refractivity contribution is -0.138. The third-order valence-corrected chi connectivity index (χ3v) is 6.74. The molecule has 0 bridgehead atoms. The Hall–Kier alpha value is -2.70. The Morgan fingerprint density at radius 1 is 1.16 bits per heavy atom.